The Morgan fingerprint density at radius 1 is 1.27 bits per heavy atom. The first kappa shape index (κ1) is 20.1. The molecule has 0 saturated carbocycles. The van der Waals surface area contributed by atoms with E-state index in [0.717, 1.165) is 24.2 Å². The summed E-state index contributed by atoms with van der Waals surface area (Å²) in [6, 6.07) is 6.38. The summed E-state index contributed by atoms with van der Waals surface area (Å²) in [6.07, 6.45) is 0.770. The number of rotatable bonds is 8. The average molecular weight is 381 g/mol. The van der Waals surface area contributed by atoms with Gasteiger partial charge in [-0.2, -0.15) is 5.10 Å². The number of hydrogen-bond acceptors (Lipinski definition) is 4. The molecule has 1 aromatic carbocycles. The molecule has 6 nitrogen and oxygen atoms in total. The highest BCUT2D eigenvalue weighted by Crippen LogP contribution is 2.12. The summed E-state index contributed by atoms with van der Waals surface area (Å²) in [5, 5.41) is 7.03. The van der Waals surface area contributed by atoms with Gasteiger partial charge in [-0.3, -0.25) is 9.48 Å². The highest BCUT2D eigenvalue weighted by Gasteiger charge is 2.18. The maximum Gasteiger partial charge on any atom is 0.269 e. The van der Waals surface area contributed by atoms with Crippen LogP contribution >= 0.6 is 0 Å². The van der Waals surface area contributed by atoms with Crippen molar-refractivity contribution < 1.29 is 17.6 Å². The van der Waals surface area contributed by atoms with Gasteiger partial charge in [0.05, 0.1) is 16.3 Å². The molecule has 2 aromatic rings. The van der Waals surface area contributed by atoms with Crippen molar-refractivity contribution in [1.82, 2.24) is 15.1 Å². The number of amides is 1. The van der Waals surface area contributed by atoms with Gasteiger partial charge in [-0.25, -0.2) is 12.8 Å². The number of hydrogen-bond donors (Lipinski definition) is 1. The number of nitrogens with one attached hydrogen (secondary N) is 1. The number of aromatic nitrogens is 2. The van der Waals surface area contributed by atoms with Crippen LogP contribution < -0.4 is 5.32 Å². The Morgan fingerprint density at radius 2 is 1.92 bits per heavy atom. The van der Waals surface area contributed by atoms with Gasteiger partial charge in [0.1, 0.15) is 11.5 Å². The molecule has 0 bridgehead atoms. The lowest BCUT2D eigenvalue weighted by Gasteiger charge is -2.07. The van der Waals surface area contributed by atoms with Crippen LogP contribution in [-0.4, -0.2) is 36.4 Å². The quantitative estimate of drug-likeness (QED) is 0.712. The molecule has 8 heteroatoms. The maximum atomic E-state index is 12.9. The second kappa shape index (κ2) is 8.44. The summed E-state index contributed by atoms with van der Waals surface area (Å²) >= 11 is 0. The van der Waals surface area contributed by atoms with Gasteiger partial charge in [0.25, 0.3) is 5.91 Å². The molecule has 26 heavy (non-hydrogen) atoms. The minimum atomic E-state index is -3.59. The highest BCUT2D eigenvalue weighted by atomic mass is 32.2. The van der Waals surface area contributed by atoms with Crippen molar-refractivity contribution in [1.29, 1.82) is 0 Å². The summed E-state index contributed by atoms with van der Waals surface area (Å²) in [5.41, 5.74) is 1.26. The van der Waals surface area contributed by atoms with Crippen molar-refractivity contribution in [3.05, 3.63) is 47.5 Å². The predicted molar refractivity (Wildman–Crippen MR) is 97.2 cm³/mol. The molecule has 1 heterocycles. The van der Waals surface area contributed by atoms with E-state index in [1.54, 1.807) is 10.7 Å². The first-order chi connectivity index (χ1) is 12.2. The van der Waals surface area contributed by atoms with Gasteiger partial charge in [0, 0.05) is 13.1 Å². The SMILES string of the molecule is CCn1nc(CC(C)C)cc1C(=O)NCCS(=O)(=O)c1ccc(F)cc1. The molecule has 142 valence electrons. The second-order valence-corrected chi connectivity index (χ2v) is 8.57. The number of benzene rings is 1. The number of aryl methyl sites for hydroxylation is 1. The standard InChI is InChI=1S/C18H24FN3O3S/c1-4-22-17(12-15(21-22)11-13(2)3)18(23)20-9-10-26(24,25)16-7-5-14(19)6-8-16/h5-8,12-13H,4,9-11H2,1-3H3,(H,20,23). The molecule has 0 spiro atoms. The van der Waals surface area contributed by atoms with Gasteiger partial charge in [-0.15, -0.1) is 0 Å². The lowest BCUT2D eigenvalue weighted by atomic mass is 10.1. The Bertz CT molecular complexity index is 858. The third-order valence-corrected chi connectivity index (χ3v) is 5.54. The van der Waals surface area contributed by atoms with Crippen molar-refractivity contribution in [2.75, 3.05) is 12.3 Å². The van der Waals surface area contributed by atoms with Crippen molar-refractivity contribution >= 4 is 15.7 Å². The highest BCUT2D eigenvalue weighted by molar-refractivity contribution is 7.91. The molecule has 0 aliphatic carbocycles. The number of carbonyl (C=O) groups is 1. The van der Waals surface area contributed by atoms with E-state index in [1.807, 2.05) is 6.92 Å². The summed E-state index contributed by atoms with van der Waals surface area (Å²) < 4.78 is 39.0. The molecule has 2 rings (SSSR count). The summed E-state index contributed by atoms with van der Waals surface area (Å²) in [5.74, 6) is -0.693. The Balaban J connectivity index is 2.00. The zero-order chi connectivity index (χ0) is 19.3. The molecular formula is C18H24FN3O3S. The smallest absolute Gasteiger partial charge is 0.269 e. The molecule has 0 saturated heterocycles. The monoisotopic (exact) mass is 381 g/mol. The van der Waals surface area contributed by atoms with Gasteiger partial charge >= 0.3 is 0 Å². The van der Waals surface area contributed by atoms with Crippen LogP contribution in [0.3, 0.4) is 0 Å². The molecule has 1 amide bonds. The van der Waals surface area contributed by atoms with Crippen molar-refractivity contribution in [3.8, 4) is 0 Å². The second-order valence-electron chi connectivity index (χ2n) is 6.46. The Kier molecular flexibility index (Phi) is 6.52. The lowest BCUT2D eigenvalue weighted by Crippen LogP contribution is -2.30. The lowest BCUT2D eigenvalue weighted by molar-refractivity contribution is 0.0945. The van der Waals surface area contributed by atoms with Crippen LogP contribution in [0.2, 0.25) is 0 Å². The fourth-order valence-electron chi connectivity index (χ4n) is 2.56. The maximum absolute atomic E-state index is 12.9. The molecular weight excluding hydrogens is 357 g/mol. The van der Waals surface area contributed by atoms with Crippen LogP contribution in [0.5, 0.6) is 0 Å². The van der Waals surface area contributed by atoms with E-state index in [1.165, 1.54) is 12.1 Å². The average Bonchev–Trinajstić information content (AvgIpc) is 2.97. The predicted octanol–water partition coefficient (Wildman–Crippen LogP) is 2.44. The fourth-order valence-corrected chi connectivity index (χ4v) is 3.72. The van der Waals surface area contributed by atoms with Gasteiger partial charge in [0.15, 0.2) is 9.84 Å². The Hall–Kier alpha value is -2.22. The van der Waals surface area contributed by atoms with E-state index in [-0.39, 0.29) is 23.1 Å². The zero-order valence-corrected chi connectivity index (χ0v) is 16.0. The molecule has 1 N–H and O–H groups in total. The molecule has 0 aliphatic rings. The van der Waals surface area contributed by atoms with Gasteiger partial charge in [-0.1, -0.05) is 13.8 Å². The summed E-state index contributed by atoms with van der Waals surface area (Å²) in [6.45, 7) is 6.56. The first-order valence-electron chi connectivity index (χ1n) is 8.56. The van der Waals surface area contributed by atoms with Crippen LogP contribution in [0.25, 0.3) is 0 Å². The number of nitrogens with zero attached hydrogens (tertiary/aromatic N) is 2. The van der Waals surface area contributed by atoms with Crippen LogP contribution in [0, 0.1) is 11.7 Å². The van der Waals surface area contributed by atoms with E-state index in [9.17, 15) is 17.6 Å². The van der Waals surface area contributed by atoms with E-state index < -0.39 is 15.7 Å². The molecule has 0 radical (unpaired) electrons. The van der Waals surface area contributed by atoms with Crippen molar-refractivity contribution in [2.45, 2.75) is 38.6 Å². The van der Waals surface area contributed by atoms with Crippen LogP contribution in [0.4, 0.5) is 4.39 Å². The Labute approximate surface area is 153 Å². The molecule has 0 fully saturated rings. The first-order valence-corrected chi connectivity index (χ1v) is 10.2. The normalized spacial score (nSPS) is 11.7. The summed E-state index contributed by atoms with van der Waals surface area (Å²) in [4.78, 5) is 12.4. The molecule has 0 atom stereocenters. The van der Waals surface area contributed by atoms with Crippen LogP contribution in [-0.2, 0) is 22.8 Å². The van der Waals surface area contributed by atoms with E-state index >= 15 is 0 Å². The third kappa shape index (κ3) is 5.14. The van der Waals surface area contributed by atoms with E-state index in [0.29, 0.717) is 18.2 Å². The van der Waals surface area contributed by atoms with Crippen molar-refractivity contribution in [2.24, 2.45) is 5.92 Å². The molecule has 1 aromatic heterocycles. The number of carbonyl (C=O) groups excluding carboxylic acids is 1. The largest absolute Gasteiger partial charge is 0.350 e. The molecule has 0 aliphatic heterocycles. The fraction of sp³-hybridized carbons (Fsp3) is 0.444. The third-order valence-electron chi connectivity index (χ3n) is 3.81. The summed E-state index contributed by atoms with van der Waals surface area (Å²) in [7, 11) is -3.59. The van der Waals surface area contributed by atoms with Crippen LogP contribution in [0.15, 0.2) is 35.2 Å². The molecule has 0 unspecified atom stereocenters. The van der Waals surface area contributed by atoms with Gasteiger partial charge in [0.2, 0.25) is 0 Å². The Morgan fingerprint density at radius 3 is 2.50 bits per heavy atom. The van der Waals surface area contributed by atoms with E-state index in [4.69, 9.17) is 0 Å². The van der Waals surface area contributed by atoms with Gasteiger partial charge in [-0.05, 0) is 49.6 Å². The van der Waals surface area contributed by atoms with Crippen molar-refractivity contribution in [3.63, 3.8) is 0 Å². The number of sulfone groups is 1. The van der Waals surface area contributed by atoms with Gasteiger partial charge < -0.3 is 5.32 Å². The van der Waals surface area contributed by atoms with Crippen LogP contribution in [0.1, 0.15) is 37.0 Å². The minimum absolute atomic E-state index is 0.0333. The minimum Gasteiger partial charge on any atom is -0.350 e. The zero-order valence-electron chi connectivity index (χ0n) is 15.2. The number of halogens is 1. The van der Waals surface area contributed by atoms with E-state index in [2.05, 4.69) is 24.3 Å². The topological polar surface area (TPSA) is 81.1 Å².